The van der Waals surface area contributed by atoms with Crippen molar-refractivity contribution in [1.82, 2.24) is 10.3 Å². The molecule has 0 aliphatic carbocycles. The van der Waals surface area contributed by atoms with Gasteiger partial charge in [0.25, 0.3) is 0 Å². The number of hydrogen-bond donors (Lipinski definition) is 2. The number of carbonyl (C=O) groups excluding carboxylic acids is 1. The summed E-state index contributed by atoms with van der Waals surface area (Å²) in [4.78, 5) is 16.1. The predicted molar refractivity (Wildman–Crippen MR) is 80.5 cm³/mol. The van der Waals surface area contributed by atoms with Crippen LogP contribution in [0.1, 0.15) is 24.2 Å². The highest BCUT2D eigenvalue weighted by atomic mass is 16.1. The third-order valence-corrected chi connectivity index (χ3v) is 3.00. The molecule has 2 aromatic rings. The summed E-state index contributed by atoms with van der Waals surface area (Å²) in [6.45, 7) is 4.24. The molecule has 1 unspecified atom stereocenters. The molecular formula is C16H19N3O. The van der Waals surface area contributed by atoms with Crippen LogP contribution in [0.25, 0.3) is 0 Å². The number of rotatable bonds is 5. The Morgan fingerprint density at radius 3 is 2.80 bits per heavy atom. The molecule has 0 fully saturated rings. The first-order valence-electron chi connectivity index (χ1n) is 6.66. The molecule has 1 amide bonds. The van der Waals surface area contributed by atoms with Gasteiger partial charge in [0.15, 0.2) is 0 Å². The maximum atomic E-state index is 11.9. The van der Waals surface area contributed by atoms with E-state index in [1.165, 1.54) is 0 Å². The van der Waals surface area contributed by atoms with Crippen LogP contribution < -0.4 is 10.6 Å². The Balaban J connectivity index is 1.83. The van der Waals surface area contributed by atoms with Gasteiger partial charge in [-0.3, -0.25) is 9.78 Å². The number of anilines is 1. The molecule has 0 saturated carbocycles. The second kappa shape index (κ2) is 6.82. The molecule has 104 valence electrons. The molecule has 2 N–H and O–H groups in total. The molecule has 1 atom stereocenters. The number of carbonyl (C=O) groups is 1. The third-order valence-electron chi connectivity index (χ3n) is 3.00. The van der Waals surface area contributed by atoms with Crippen molar-refractivity contribution in [2.24, 2.45) is 0 Å². The van der Waals surface area contributed by atoms with E-state index < -0.39 is 0 Å². The molecule has 20 heavy (non-hydrogen) atoms. The zero-order valence-corrected chi connectivity index (χ0v) is 11.8. The molecule has 1 aromatic carbocycles. The van der Waals surface area contributed by atoms with Crippen molar-refractivity contribution in [3.63, 3.8) is 0 Å². The molecule has 0 bridgehead atoms. The van der Waals surface area contributed by atoms with Gasteiger partial charge in [0.05, 0.1) is 12.2 Å². The van der Waals surface area contributed by atoms with E-state index >= 15 is 0 Å². The first kappa shape index (κ1) is 14.2. The highest BCUT2D eigenvalue weighted by Crippen LogP contribution is 2.10. The summed E-state index contributed by atoms with van der Waals surface area (Å²) in [6, 6.07) is 13.5. The SMILES string of the molecule is Cc1cccc(NC(=O)CNC(C)c2ccccn2)c1. The standard InChI is InChI=1S/C16H19N3O/c1-12-6-5-7-14(10-12)19-16(20)11-18-13(2)15-8-3-4-9-17-15/h3-10,13,18H,11H2,1-2H3,(H,19,20). The number of hydrogen-bond acceptors (Lipinski definition) is 3. The first-order valence-corrected chi connectivity index (χ1v) is 6.66. The van der Waals surface area contributed by atoms with Crippen molar-refractivity contribution in [2.45, 2.75) is 19.9 Å². The van der Waals surface area contributed by atoms with Crippen LogP contribution in [0.3, 0.4) is 0 Å². The summed E-state index contributed by atoms with van der Waals surface area (Å²) < 4.78 is 0. The highest BCUT2D eigenvalue weighted by molar-refractivity contribution is 5.92. The van der Waals surface area contributed by atoms with Crippen LogP contribution in [0.4, 0.5) is 5.69 Å². The second-order valence-corrected chi connectivity index (χ2v) is 4.77. The number of nitrogens with one attached hydrogen (secondary N) is 2. The lowest BCUT2D eigenvalue weighted by atomic mass is 10.2. The van der Waals surface area contributed by atoms with E-state index in [0.29, 0.717) is 0 Å². The highest BCUT2D eigenvalue weighted by Gasteiger charge is 2.08. The van der Waals surface area contributed by atoms with E-state index in [1.807, 2.05) is 56.3 Å². The van der Waals surface area contributed by atoms with Gasteiger partial charge in [0.2, 0.25) is 5.91 Å². The van der Waals surface area contributed by atoms with Gasteiger partial charge in [-0.05, 0) is 43.7 Å². The van der Waals surface area contributed by atoms with E-state index in [2.05, 4.69) is 15.6 Å². The maximum absolute atomic E-state index is 11.9. The molecule has 4 heteroatoms. The second-order valence-electron chi connectivity index (χ2n) is 4.77. The number of aryl methyl sites for hydroxylation is 1. The molecule has 0 radical (unpaired) electrons. The van der Waals surface area contributed by atoms with Crippen LogP contribution in [-0.2, 0) is 4.79 Å². The van der Waals surface area contributed by atoms with Crippen molar-refractivity contribution in [2.75, 3.05) is 11.9 Å². The summed E-state index contributed by atoms with van der Waals surface area (Å²) in [7, 11) is 0. The summed E-state index contributed by atoms with van der Waals surface area (Å²) in [6.07, 6.45) is 1.75. The molecule has 2 rings (SSSR count). The van der Waals surface area contributed by atoms with E-state index in [1.54, 1.807) is 6.20 Å². The third kappa shape index (κ3) is 4.17. The fraction of sp³-hybridized carbons (Fsp3) is 0.250. The normalized spacial score (nSPS) is 11.9. The van der Waals surface area contributed by atoms with Crippen LogP contribution in [0, 0.1) is 6.92 Å². The Morgan fingerprint density at radius 2 is 2.10 bits per heavy atom. The lowest BCUT2D eigenvalue weighted by molar-refractivity contribution is -0.115. The maximum Gasteiger partial charge on any atom is 0.238 e. The summed E-state index contributed by atoms with van der Waals surface area (Å²) in [5.74, 6) is -0.0571. The van der Waals surface area contributed by atoms with Crippen LogP contribution in [0.5, 0.6) is 0 Å². The Kier molecular flexibility index (Phi) is 4.85. The molecule has 0 aliphatic rings. The van der Waals surface area contributed by atoms with Crippen molar-refractivity contribution in [1.29, 1.82) is 0 Å². The largest absolute Gasteiger partial charge is 0.325 e. The van der Waals surface area contributed by atoms with Gasteiger partial charge in [-0.15, -0.1) is 0 Å². The molecular weight excluding hydrogens is 250 g/mol. The Morgan fingerprint density at radius 1 is 1.25 bits per heavy atom. The fourth-order valence-electron chi connectivity index (χ4n) is 1.91. The molecule has 1 aromatic heterocycles. The van der Waals surface area contributed by atoms with Gasteiger partial charge in [-0.1, -0.05) is 18.2 Å². The molecule has 0 spiro atoms. The molecule has 0 aliphatic heterocycles. The average molecular weight is 269 g/mol. The number of pyridine rings is 1. The molecule has 1 heterocycles. The topological polar surface area (TPSA) is 54.0 Å². The van der Waals surface area contributed by atoms with Gasteiger partial charge in [-0.2, -0.15) is 0 Å². The summed E-state index contributed by atoms with van der Waals surface area (Å²) >= 11 is 0. The lowest BCUT2D eigenvalue weighted by Gasteiger charge is -2.13. The Labute approximate surface area is 119 Å². The lowest BCUT2D eigenvalue weighted by Crippen LogP contribution is -2.30. The van der Waals surface area contributed by atoms with Crippen LogP contribution >= 0.6 is 0 Å². The van der Waals surface area contributed by atoms with Gasteiger partial charge >= 0.3 is 0 Å². The minimum absolute atomic E-state index is 0.0412. The fourth-order valence-corrected chi connectivity index (χ4v) is 1.91. The van der Waals surface area contributed by atoms with E-state index in [-0.39, 0.29) is 18.5 Å². The van der Waals surface area contributed by atoms with Crippen molar-refractivity contribution >= 4 is 11.6 Å². The van der Waals surface area contributed by atoms with Crippen molar-refractivity contribution < 1.29 is 4.79 Å². The minimum atomic E-state index is -0.0571. The van der Waals surface area contributed by atoms with Crippen molar-refractivity contribution in [3.8, 4) is 0 Å². The number of aromatic nitrogens is 1. The van der Waals surface area contributed by atoms with E-state index in [0.717, 1.165) is 16.9 Å². The molecule has 0 saturated heterocycles. The summed E-state index contributed by atoms with van der Waals surface area (Å²) in [5, 5.41) is 6.03. The smallest absolute Gasteiger partial charge is 0.238 e. The van der Waals surface area contributed by atoms with Gasteiger partial charge < -0.3 is 10.6 Å². The van der Waals surface area contributed by atoms with E-state index in [9.17, 15) is 4.79 Å². The zero-order chi connectivity index (χ0) is 14.4. The van der Waals surface area contributed by atoms with Crippen LogP contribution in [0.15, 0.2) is 48.7 Å². The zero-order valence-electron chi connectivity index (χ0n) is 11.8. The number of nitrogens with zero attached hydrogens (tertiary/aromatic N) is 1. The number of amides is 1. The van der Waals surface area contributed by atoms with E-state index in [4.69, 9.17) is 0 Å². The van der Waals surface area contributed by atoms with Crippen LogP contribution in [-0.4, -0.2) is 17.4 Å². The van der Waals surface area contributed by atoms with Gasteiger partial charge in [0.1, 0.15) is 0 Å². The monoisotopic (exact) mass is 269 g/mol. The molecule has 4 nitrogen and oxygen atoms in total. The Hall–Kier alpha value is -2.20. The average Bonchev–Trinajstić information content (AvgIpc) is 2.46. The Bertz CT molecular complexity index is 569. The minimum Gasteiger partial charge on any atom is -0.325 e. The first-order chi connectivity index (χ1) is 9.65. The number of benzene rings is 1. The van der Waals surface area contributed by atoms with Crippen molar-refractivity contribution in [3.05, 3.63) is 59.9 Å². The predicted octanol–water partition coefficient (Wildman–Crippen LogP) is 2.68. The van der Waals surface area contributed by atoms with Gasteiger partial charge in [0, 0.05) is 17.9 Å². The quantitative estimate of drug-likeness (QED) is 0.877. The van der Waals surface area contributed by atoms with Gasteiger partial charge in [-0.25, -0.2) is 0 Å². The van der Waals surface area contributed by atoms with Crippen LogP contribution in [0.2, 0.25) is 0 Å². The summed E-state index contributed by atoms with van der Waals surface area (Å²) in [5.41, 5.74) is 2.87.